The van der Waals surface area contributed by atoms with Crippen LogP contribution in [0.4, 0.5) is 0 Å². The maximum absolute atomic E-state index is 12.1. The molecule has 1 aliphatic heterocycles. The van der Waals surface area contributed by atoms with Crippen molar-refractivity contribution >= 4 is 5.91 Å². The number of nitrogens with one attached hydrogen (secondary N) is 1. The molecule has 2 aromatic heterocycles. The fraction of sp³-hybridized carbons (Fsp3) is 0.381. The smallest absolute Gasteiger partial charge is 0.234 e. The normalized spacial score (nSPS) is 15.3. The lowest BCUT2D eigenvalue weighted by Gasteiger charge is -2.29. The Bertz CT molecular complexity index is 913. The Morgan fingerprint density at radius 2 is 2.03 bits per heavy atom. The third-order valence-electron chi connectivity index (χ3n) is 5.13. The predicted octanol–water partition coefficient (Wildman–Crippen LogP) is 2.83. The second-order valence-corrected chi connectivity index (χ2v) is 7.09. The Hall–Kier alpha value is -3.13. The van der Waals surface area contributed by atoms with E-state index in [1.54, 1.807) is 13.4 Å². The van der Waals surface area contributed by atoms with E-state index in [-0.39, 0.29) is 11.8 Å². The molecule has 0 aliphatic carbocycles. The number of piperidine rings is 1. The zero-order chi connectivity index (χ0) is 20.1. The molecule has 0 radical (unpaired) electrons. The van der Waals surface area contributed by atoms with Gasteiger partial charge >= 0.3 is 0 Å². The zero-order valence-corrected chi connectivity index (χ0v) is 16.3. The maximum atomic E-state index is 12.1. The van der Waals surface area contributed by atoms with Crippen LogP contribution in [-0.4, -0.2) is 47.7 Å². The van der Waals surface area contributed by atoms with Crippen LogP contribution in [0.1, 0.15) is 30.4 Å². The molecule has 3 aromatic rings. The van der Waals surface area contributed by atoms with Crippen molar-refractivity contribution in [2.75, 3.05) is 26.7 Å². The van der Waals surface area contributed by atoms with E-state index in [0.717, 1.165) is 43.0 Å². The summed E-state index contributed by atoms with van der Waals surface area (Å²) in [7, 11) is 1.64. The van der Waals surface area contributed by atoms with Gasteiger partial charge in [-0.05, 0) is 62.3 Å². The Kier molecular flexibility index (Phi) is 5.90. The summed E-state index contributed by atoms with van der Waals surface area (Å²) in [5, 5.41) is 7.00. The summed E-state index contributed by atoms with van der Waals surface area (Å²) in [4.78, 5) is 18.8. The highest BCUT2D eigenvalue weighted by molar-refractivity contribution is 5.77. The van der Waals surface area contributed by atoms with Gasteiger partial charge in [-0.1, -0.05) is 5.16 Å². The van der Waals surface area contributed by atoms with Crippen molar-refractivity contribution in [3.05, 3.63) is 54.3 Å². The number of benzene rings is 1. The monoisotopic (exact) mass is 396 g/mol. The number of carbonyl (C=O) groups is 1. The van der Waals surface area contributed by atoms with Gasteiger partial charge in [0.15, 0.2) is 0 Å². The first kappa shape index (κ1) is 19.2. The van der Waals surface area contributed by atoms with Crippen molar-refractivity contribution in [2.24, 2.45) is 0 Å². The van der Waals surface area contributed by atoms with Crippen LogP contribution in [0, 0.1) is 0 Å². The van der Waals surface area contributed by atoms with Crippen molar-refractivity contribution in [3.8, 4) is 17.1 Å². The summed E-state index contributed by atoms with van der Waals surface area (Å²) in [6.07, 6.45) is 3.37. The van der Waals surface area contributed by atoms with Crippen LogP contribution in [0.2, 0.25) is 0 Å². The fourth-order valence-corrected chi connectivity index (χ4v) is 3.45. The van der Waals surface area contributed by atoms with Crippen LogP contribution in [0.15, 0.2) is 51.6 Å². The standard InChI is InChI=1S/C21H24N4O4/c1-27-17-6-4-15(5-7-17)20-23-21(29-24-20)16-8-10-25(11-9-16)14-19(26)22-13-18-3-2-12-28-18/h2-7,12,16H,8-11,13-14H2,1H3,(H,22,26). The van der Waals surface area contributed by atoms with Crippen LogP contribution < -0.4 is 10.1 Å². The van der Waals surface area contributed by atoms with Crippen LogP contribution in [0.25, 0.3) is 11.4 Å². The lowest BCUT2D eigenvalue weighted by Crippen LogP contribution is -2.41. The number of ether oxygens (including phenoxy) is 1. The number of carbonyl (C=O) groups excluding carboxylic acids is 1. The molecule has 0 bridgehead atoms. The van der Waals surface area contributed by atoms with Gasteiger partial charge in [-0.2, -0.15) is 4.98 Å². The van der Waals surface area contributed by atoms with Crippen LogP contribution in [-0.2, 0) is 11.3 Å². The second-order valence-electron chi connectivity index (χ2n) is 7.09. The van der Waals surface area contributed by atoms with E-state index in [1.807, 2.05) is 36.4 Å². The summed E-state index contributed by atoms with van der Waals surface area (Å²) in [5.41, 5.74) is 0.895. The third kappa shape index (κ3) is 4.83. The molecule has 0 spiro atoms. The van der Waals surface area contributed by atoms with Gasteiger partial charge in [0, 0.05) is 11.5 Å². The molecule has 1 N–H and O–H groups in total. The number of methoxy groups -OCH3 is 1. The van der Waals surface area contributed by atoms with Crippen molar-refractivity contribution in [1.82, 2.24) is 20.4 Å². The number of hydrogen-bond donors (Lipinski definition) is 1. The summed E-state index contributed by atoms with van der Waals surface area (Å²) in [5.74, 6) is 3.01. The molecular weight excluding hydrogens is 372 g/mol. The van der Waals surface area contributed by atoms with Crippen molar-refractivity contribution in [2.45, 2.75) is 25.3 Å². The molecule has 1 fully saturated rings. The zero-order valence-electron chi connectivity index (χ0n) is 16.3. The molecule has 3 heterocycles. The lowest BCUT2D eigenvalue weighted by atomic mass is 9.97. The van der Waals surface area contributed by atoms with Gasteiger partial charge in [0.05, 0.1) is 26.5 Å². The number of aromatic nitrogens is 2. The van der Waals surface area contributed by atoms with Crippen molar-refractivity contribution < 1.29 is 18.5 Å². The lowest BCUT2D eigenvalue weighted by molar-refractivity contribution is -0.122. The van der Waals surface area contributed by atoms with E-state index in [1.165, 1.54) is 0 Å². The average molecular weight is 396 g/mol. The Balaban J connectivity index is 1.26. The summed E-state index contributed by atoms with van der Waals surface area (Å²) in [6, 6.07) is 11.2. The first-order chi connectivity index (χ1) is 14.2. The molecule has 152 valence electrons. The quantitative estimate of drug-likeness (QED) is 0.656. The van der Waals surface area contributed by atoms with Gasteiger partial charge in [0.2, 0.25) is 17.6 Å². The van der Waals surface area contributed by atoms with Crippen LogP contribution in [0.5, 0.6) is 5.75 Å². The highest BCUT2D eigenvalue weighted by Gasteiger charge is 2.26. The molecule has 8 heteroatoms. The minimum atomic E-state index is -0.000526. The summed E-state index contributed by atoms with van der Waals surface area (Å²) < 4.78 is 15.9. The van der Waals surface area contributed by atoms with Gasteiger partial charge in [-0.15, -0.1) is 0 Å². The fourth-order valence-electron chi connectivity index (χ4n) is 3.45. The number of rotatable bonds is 7. The molecule has 1 saturated heterocycles. The topological polar surface area (TPSA) is 93.6 Å². The molecule has 0 unspecified atom stereocenters. The minimum Gasteiger partial charge on any atom is -0.497 e. The van der Waals surface area contributed by atoms with Crippen molar-refractivity contribution in [1.29, 1.82) is 0 Å². The SMILES string of the molecule is COc1ccc(-c2noc(C3CCN(CC(=O)NCc4ccco4)CC3)n2)cc1. The van der Waals surface area contributed by atoms with E-state index in [9.17, 15) is 4.79 Å². The number of furan rings is 1. The maximum Gasteiger partial charge on any atom is 0.234 e. The second kappa shape index (κ2) is 8.91. The number of nitrogens with zero attached hydrogens (tertiary/aromatic N) is 3. The van der Waals surface area contributed by atoms with Gasteiger partial charge in [0.25, 0.3) is 0 Å². The van der Waals surface area contributed by atoms with E-state index >= 15 is 0 Å². The molecule has 29 heavy (non-hydrogen) atoms. The highest BCUT2D eigenvalue weighted by Crippen LogP contribution is 2.28. The molecule has 0 saturated carbocycles. The van der Waals surface area contributed by atoms with Crippen LogP contribution in [0.3, 0.4) is 0 Å². The molecule has 1 aromatic carbocycles. The summed E-state index contributed by atoms with van der Waals surface area (Å²) >= 11 is 0. The molecule has 1 amide bonds. The Morgan fingerprint density at radius 3 is 2.72 bits per heavy atom. The van der Waals surface area contributed by atoms with Crippen LogP contribution >= 0.6 is 0 Å². The average Bonchev–Trinajstić information content (AvgIpc) is 3.45. The van der Waals surface area contributed by atoms with E-state index < -0.39 is 0 Å². The minimum absolute atomic E-state index is 0.000526. The Labute approximate surface area is 168 Å². The number of likely N-dealkylation sites (tertiary alicyclic amines) is 1. The molecular formula is C21H24N4O4. The predicted molar refractivity (Wildman–Crippen MR) is 105 cm³/mol. The van der Waals surface area contributed by atoms with E-state index in [4.69, 9.17) is 13.7 Å². The largest absolute Gasteiger partial charge is 0.497 e. The number of amides is 1. The molecule has 0 atom stereocenters. The van der Waals surface area contributed by atoms with Gasteiger partial charge in [-0.3, -0.25) is 9.69 Å². The number of hydrogen-bond acceptors (Lipinski definition) is 7. The van der Waals surface area contributed by atoms with Gasteiger partial charge in [0.1, 0.15) is 11.5 Å². The van der Waals surface area contributed by atoms with Gasteiger partial charge in [-0.25, -0.2) is 0 Å². The molecule has 4 rings (SSSR count). The third-order valence-corrected chi connectivity index (χ3v) is 5.13. The van der Waals surface area contributed by atoms with E-state index in [2.05, 4.69) is 20.4 Å². The van der Waals surface area contributed by atoms with Crippen molar-refractivity contribution in [3.63, 3.8) is 0 Å². The first-order valence-electron chi connectivity index (χ1n) is 9.71. The summed E-state index contributed by atoms with van der Waals surface area (Å²) in [6.45, 7) is 2.44. The first-order valence-corrected chi connectivity index (χ1v) is 9.71. The van der Waals surface area contributed by atoms with Gasteiger partial charge < -0.3 is 19.0 Å². The van der Waals surface area contributed by atoms with E-state index in [0.29, 0.717) is 24.8 Å². The molecule has 1 aliphatic rings. The highest BCUT2D eigenvalue weighted by atomic mass is 16.5. The Morgan fingerprint density at radius 1 is 1.24 bits per heavy atom. The molecule has 8 nitrogen and oxygen atoms in total.